The van der Waals surface area contributed by atoms with Crippen LogP contribution in [-0.4, -0.2) is 102 Å². The molecular formula is C44H48ClF2N10O4P. The zero-order valence-electron chi connectivity index (χ0n) is 35.2. The molecule has 1 spiro atoms. The zero-order valence-corrected chi connectivity index (χ0v) is 36.8. The molecule has 0 unspecified atom stereocenters. The number of nitrogens with zero attached hydrogens (tertiary/aromatic N) is 7. The molecule has 18 heteroatoms. The van der Waals surface area contributed by atoms with Gasteiger partial charge in [-0.15, -0.1) is 0 Å². The summed E-state index contributed by atoms with van der Waals surface area (Å²) in [5.41, 5.74) is 4.58. The van der Waals surface area contributed by atoms with Crippen LogP contribution >= 0.6 is 18.7 Å². The van der Waals surface area contributed by atoms with Crippen LogP contribution in [-0.2, 0) is 14.2 Å². The highest BCUT2D eigenvalue weighted by Crippen LogP contribution is 2.47. The summed E-state index contributed by atoms with van der Waals surface area (Å²) in [5.74, 6) is -1.69. The summed E-state index contributed by atoms with van der Waals surface area (Å²) >= 11 is 6.60. The number of carbonyl (C=O) groups excluding carboxylic acids is 2. The zero-order chi connectivity index (χ0) is 43.7. The first kappa shape index (κ1) is 41.9. The van der Waals surface area contributed by atoms with E-state index in [9.17, 15) is 14.2 Å². The SMILES string of the molecule is COc1cc(N2CC3(C2)CN(C2CCN(c4cc(F)c([C@H]5CCC(=O)NC5=O)c(F)c4)CC2)C3)c(C)cc1Nc1ncc(Cl)c(Nc2ccc3nc(C)ncc3c2P(C)(C)=O)n1. The second-order valence-corrected chi connectivity index (χ2v) is 21.0. The van der Waals surface area contributed by atoms with Crippen molar-refractivity contribution >= 4 is 81.3 Å². The molecule has 6 heterocycles. The Hall–Kier alpha value is -5.44. The van der Waals surface area contributed by atoms with Crippen LogP contribution in [0.1, 0.15) is 48.6 Å². The van der Waals surface area contributed by atoms with Gasteiger partial charge in [-0.05, 0) is 82.3 Å². The first-order valence-electron chi connectivity index (χ1n) is 20.7. The maximum absolute atomic E-state index is 15.2. The Bertz CT molecular complexity index is 2660. The normalized spacial score (nSPS) is 19.3. The van der Waals surface area contributed by atoms with E-state index in [1.807, 2.05) is 36.1 Å². The van der Waals surface area contributed by atoms with E-state index in [0.29, 0.717) is 75.7 Å². The number of hydrogen-bond donors (Lipinski definition) is 3. The third kappa shape index (κ3) is 7.92. The number of carbonyl (C=O) groups is 2. The number of nitrogens with one attached hydrogen (secondary N) is 3. The number of anilines is 6. The summed E-state index contributed by atoms with van der Waals surface area (Å²) in [6.45, 7) is 12.5. The minimum Gasteiger partial charge on any atom is -0.494 e. The first-order valence-corrected chi connectivity index (χ1v) is 23.7. The van der Waals surface area contributed by atoms with Crippen LogP contribution in [0.3, 0.4) is 0 Å². The average Bonchev–Trinajstić information content (AvgIpc) is 3.19. The van der Waals surface area contributed by atoms with Crippen molar-refractivity contribution in [2.24, 2.45) is 5.41 Å². The van der Waals surface area contributed by atoms with Crippen LogP contribution in [0.4, 0.5) is 43.3 Å². The fraction of sp³-hybridized carbons (Fsp3) is 0.409. The number of likely N-dealkylation sites (tertiary alicyclic amines) is 1. The predicted octanol–water partition coefficient (Wildman–Crippen LogP) is 7.02. The smallest absolute Gasteiger partial charge is 0.234 e. The van der Waals surface area contributed by atoms with Crippen molar-refractivity contribution in [3.8, 4) is 5.75 Å². The topological polar surface area (TPSA) is 158 Å². The van der Waals surface area contributed by atoms with Gasteiger partial charge >= 0.3 is 0 Å². The minimum atomic E-state index is -2.80. The van der Waals surface area contributed by atoms with Gasteiger partial charge in [0.15, 0.2) is 5.82 Å². The maximum Gasteiger partial charge on any atom is 0.234 e. The second kappa shape index (κ2) is 16.0. The molecule has 0 bridgehead atoms. The van der Waals surface area contributed by atoms with E-state index in [4.69, 9.17) is 21.3 Å². The Morgan fingerprint density at radius 1 is 0.903 bits per heavy atom. The quantitative estimate of drug-likeness (QED) is 0.0972. The van der Waals surface area contributed by atoms with Crippen LogP contribution in [0.25, 0.3) is 10.9 Å². The Morgan fingerprint density at radius 2 is 1.63 bits per heavy atom. The Balaban J connectivity index is 0.812. The third-order valence-electron chi connectivity index (χ3n) is 12.6. The number of methoxy groups -OCH3 is 1. The van der Waals surface area contributed by atoms with Crippen LogP contribution in [0, 0.1) is 30.9 Å². The molecular weight excluding hydrogens is 837 g/mol. The van der Waals surface area contributed by atoms with Gasteiger partial charge in [0.25, 0.3) is 0 Å². The van der Waals surface area contributed by atoms with Gasteiger partial charge < -0.3 is 29.7 Å². The van der Waals surface area contributed by atoms with Crippen molar-refractivity contribution < 1.29 is 27.7 Å². The van der Waals surface area contributed by atoms with Crippen molar-refractivity contribution in [3.63, 3.8) is 0 Å². The molecule has 62 heavy (non-hydrogen) atoms. The number of fused-ring (bicyclic) bond motifs is 1. The van der Waals surface area contributed by atoms with Crippen LogP contribution in [0.2, 0.25) is 5.02 Å². The van der Waals surface area contributed by atoms with E-state index >= 15 is 8.78 Å². The van der Waals surface area contributed by atoms with E-state index in [1.165, 1.54) is 18.3 Å². The molecule has 4 aliphatic rings. The minimum absolute atomic E-state index is 0.0564. The van der Waals surface area contributed by atoms with Gasteiger partial charge in [0.1, 0.15) is 35.4 Å². The largest absolute Gasteiger partial charge is 0.494 e. The number of amides is 2. The monoisotopic (exact) mass is 884 g/mol. The number of benzene rings is 3. The molecule has 324 valence electrons. The summed E-state index contributed by atoms with van der Waals surface area (Å²) in [5, 5.41) is 10.4. The van der Waals surface area contributed by atoms with Gasteiger partial charge in [-0.2, -0.15) is 4.98 Å². The summed E-state index contributed by atoms with van der Waals surface area (Å²) in [7, 11) is -1.17. The summed E-state index contributed by atoms with van der Waals surface area (Å²) in [6, 6.07) is 10.8. The van der Waals surface area contributed by atoms with Crippen molar-refractivity contribution in [2.75, 3.05) is 80.1 Å². The molecule has 2 amide bonds. The molecule has 3 aromatic carbocycles. The standard InChI is InChI=1S/C44H48ClF2N10O4P/c1-24-14-35(52-43-49-19-30(45)41(54-43)51-34-8-7-33-29(18-48-25(2)50-33)40(34)62(4,5)60)37(61-3)17-36(24)57-22-44(23-57)20-56(21-44)26-10-12-55(13-11-26)27-15-31(46)39(32(47)16-27)28-6-9-38(58)53-42(28)59/h7-8,14-19,26,28H,6,9-13,20-23H2,1-5H3,(H,53,58,59)(H2,49,51,52,54)/t28-/m1/s1. The van der Waals surface area contributed by atoms with Crippen molar-refractivity contribution in [1.29, 1.82) is 0 Å². The lowest BCUT2D eigenvalue weighted by Gasteiger charge is -2.63. The predicted molar refractivity (Wildman–Crippen MR) is 238 cm³/mol. The van der Waals surface area contributed by atoms with Crippen molar-refractivity contribution in [2.45, 2.75) is 51.5 Å². The molecule has 14 nitrogen and oxygen atoms in total. The highest BCUT2D eigenvalue weighted by molar-refractivity contribution is 7.71. The molecule has 2 aromatic heterocycles. The van der Waals surface area contributed by atoms with E-state index in [1.54, 1.807) is 26.6 Å². The fourth-order valence-corrected chi connectivity index (χ4v) is 11.3. The lowest BCUT2D eigenvalue weighted by molar-refractivity contribution is -0.134. The highest BCUT2D eigenvalue weighted by atomic mass is 35.5. The number of hydrogen-bond acceptors (Lipinski definition) is 13. The maximum atomic E-state index is 15.2. The number of piperidine rings is 2. The lowest BCUT2D eigenvalue weighted by Crippen LogP contribution is -2.74. The number of aromatic nitrogens is 4. The number of ether oxygens (including phenoxy) is 1. The van der Waals surface area contributed by atoms with Gasteiger partial charge in [0, 0.05) is 97.0 Å². The van der Waals surface area contributed by atoms with E-state index in [2.05, 4.69) is 47.6 Å². The third-order valence-corrected chi connectivity index (χ3v) is 14.5. The fourth-order valence-electron chi connectivity index (χ4n) is 9.66. The molecule has 3 N–H and O–H groups in total. The molecule has 5 aromatic rings. The summed E-state index contributed by atoms with van der Waals surface area (Å²) in [4.78, 5) is 48.8. The number of halogens is 3. The molecule has 4 aliphatic heterocycles. The number of rotatable bonds is 10. The molecule has 0 aliphatic carbocycles. The Morgan fingerprint density at radius 3 is 2.31 bits per heavy atom. The van der Waals surface area contributed by atoms with Crippen molar-refractivity contribution in [3.05, 3.63) is 82.4 Å². The average molecular weight is 885 g/mol. The van der Waals surface area contributed by atoms with Gasteiger partial charge in [-0.1, -0.05) is 11.6 Å². The Labute approximate surface area is 363 Å². The van der Waals surface area contributed by atoms with Crippen LogP contribution in [0.15, 0.2) is 48.8 Å². The number of imide groups is 1. The summed E-state index contributed by atoms with van der Waals surface area (Å²) in [6.07, 6.45) is 5.13. The van der Waals surface area contributed by atoms with Gasteiger partial charge in [0.2, 0.25) is 17.8 Å². The molecule has 0 saturated carbocycles. The molecule has 0 radical (unpaired) electrons. The molecule has 1 atom stereocenters. The molecule has 9 rings (SSSR count). The molecule has 4 fully saturated rings. The Kier molecular flexibility index (Phi) is 10.8. The van der Waals surface area contributed by atoms with Crippen molar-refractivity contribution in [1.82, 2.24) is 30.2 Å². The summed E-state index contributed by atoms with van der Waals surface area (Å²) < 4.78 is 49.9. The lowest BCUT2D eigenvalue weighted by atomic mass is 9.71. The van der Waals surface area contributed by atoms with Crippen LogP contribution in [0.5, 0.6) is 5.75 Å². The van der Waals surface area contributed by atoms with Gasteiger partial charge in [-0.25, -0.2) is 23.7 Å². The highest BCUT2D eigenvalue weighted by Gasteiger charge is 2.53. The second-order valence-electron chi connectivity index (χ2n) is 17.4. The van der Waals surface area contributed by atoms with E-state index in [0.717, 1.165) is 50.3 Å². The first-order chi connectivity index (χ1) is 29.6. The van der Waals surface area contributed by atoms with Gasteiger partial charge in [-0.3, -0.25) is 19.8 Å². The van der Waals surface area contributed by atoms with Gasteiger partial charge in [0.05, 0.1) is 36.1 Å². The van der Waals surface area contributed by atoms with E-state index < -0.39 is 36.5 Å². The number of aryl methyl sites for hydroxylation is 2. The van der Waals surface area contributed by atoms with E-state index in [-0.39, 0.29) is 28.8 Å². The molecule has 4 saturated heterocycles. The van der Waals surface area contributed by atoms with Crippen LogP contribution < -0.4 is 35.8 Å².